The molecule has 12 heteroatoms. The van der Waals surface area contributed by atoms with Crippen molar-refractivity contribution >= 4 is 35.5 Å². The first kappa shape index (κ1) is 23.7. The lowest BCUT2D eigenvalue weighted by Crippen LogP contribution is -2.54. The number of nitrogens with two attached hydrogens (primary N) is 1. The summed E-state index contributed by atoms with van der Waals surface area (Å²) in [4.78, 5) is 56.6. The summed E-state index contributed by atoms with van der Waals surface area (Å²) < 4.78 is 0. The maximum atomic E-state index is 12.6. The summed E-state index contributed by atoms with van der Waals surface area (Å²) in [6.45, 7) is 0.0230. The zero-order valence-corrected chi connectivity index (χ0v) is 17.6. The van der Waals surface area contributed by atoms with Crippen molar-refractivity contribution in [3.8, 4) is 0 Å². The van der Waals surface area contributed by atoms with Gasteiger partial charge in [0.25, 0.3) is 0 Å². The summed E-state index contributed by atoms with van der Waals surface area (Å²) in [5.74, 6) is -1.88. The molecule has 1 aliphatic heterocycles. The van der Waals surface area contributed by atoms with Crippen LogP contribution in [0, 0.1) is 0 Å². The van der Waals surface area contributed by atoms with E-state index in [1.165, 1.54) is 23.0 Å². The van der Waals surface area contributed by atoms with Crippen LogP contribution in [0.3, 0.4) is 0 Å². The first-order valence-electron chi connectivity index (χ1n) is 9.65. The van der Waals surface area contributed by atoms with E-state index in [9.17, 15) is 24.3 Å². The van der Waals surface area contributed by atoms with Crippen LogP contribution in [0.25, 0.3) is 0 Å². The Kier molecular flexibility index (Phi) is 9.12. The van der Waals surface area contributed by atoms with Crippen LogP contribution in [0.4, 0.5) is 0 Å². The van der Waals surface area contributed by atoms with Gasteiger partial charge in [-0.2, -0.15) is 11.8 Å². The molecule has 30 heavy (non-hydrogen) atoms. The molecule has 3 atom stereocenters. The molecule has 166 valence electrons. The number of H-pyrrole nitrogens is 1. The minimum Gasteiger partial charge on any atom is -0.480 e. The summed E-state index contributed by atoms with van der Waals surface area (Å²) >= 11 is 1.52. The summed E-state index contributed by atoms with van der Waals surface area (Å²) in [7, 11) is 0. The molecule has 1 aliphatic rings. The number of carbonyl (C=O) groups excluding carboxylic acids is 3. The van der Waals surface area contributed by atoms with E-state index in [0.717, 1.165) is 0 Å². The molecule has 3 amide bonds. The van der Waals surface area contributed by atoms with Crippen molar-refractivity contribution in [2.24, 2.45) is 5.73 Å². The molecule has 1 aromatic rings. The number of thioether (sulfide) groups is 1. The third-order valence-corrected chi connectivity index (χ3v) is 5.49. The van der Waals surface area contributed by atoms with Crippen molar-refractivity contribution < 1.29 is 24.3 Å². The largest absolute Gasteiger partial charge is 0.480 e. The number of carbonyl (C=O) groups is 4. The van der Waals surface area contributed by atoms with Crippen molar-refractivity contribution in [1.82, 2.24) is 25.5 Å². The number of aromatic nitrogens is 2. The summed E-state index contributed by atoms with van der Waals surface area (Å²) in [5.41, 5.74) is 6.62. The second-order valence-corrected chi connectivity index (χ2v) is 8.02. The van der Waals surface area contributed by atoms with Crippen LogP contribution in [0.2, 0.25) is 0 Å². The number of carboxylic acid groups (broad SMARTS) is 1. The highest BCUT2D eigenvalue weighted by atomic mass is 32.2. The van der Waals surface area contributed by atoms with Crippen molar-refractivity contribution in [3.05, 3.63) is 18.2 Å². The van der Waals surface area contributed by atoms with Crippen molar-refractivity contribution in [2.45, 2.75) is 43.8 Å². The molecule has 11 nitrogen and oxygen atoms in total. The maximum Gasteiger partial charge on any atom is 0.326 e. The topological polar surface area (TPSA) is 171 Å². The van der Waals surface area contributed by atoms with Gasteiger partial charge < -0.3 is 31.4 Å². The standard InChI is InChI=1S/C18H28N6O5S/c1-30-6-4-13(23-16(26)12(19)7-11-8-20-10-22-11)17(27)21-9-15(25)24-5-2-3-14(24)18(28)29/h8,10,12-14H,2-7,9,19H2,1H3,(H,20,22)(H,21,27)(H,23,26)(H,28,29). The lowest BCUT2D eigenvalue weighted by molar-refractivity contribution is -0.148. The summed E-state index contributed by atoms with van der Waals surface area (Å²) in [6, 6.07) is -2.57. The molecule has 0 radical (unpaired) electrons. The van der Waals surface area contributed by atoms with Crippen LogP contribution in [-0.4, -0.2) is 86.9 Å². The van der Waals surface area contributed by atoms with E-state index in [-0.39, 0.29) is 13.0 Å². The highest BCUT2D eigenvalue weighted by Crippen LogP contribution is 2.17. The molecule has 0 aromatic carbocycles. The maximum absolute atomic E-state index is 12.6. The summed E-state index contributed by atoms with van der Waals surface area (Å²) in [5, 5.41) is 14.3. The quantitative estimate of drug-likeness (QED) is 0.283. The number of aromatic amines is 1. The average molecular weight is 441 g/mol. The predicted molar refractivity (Wildman–Crippen MR) is 111 cm³/mol. The van der Waals surface area contributed by atoms with Crippen LogP contribution >= 0.6 is 11.8 Å². The fraction of sp³-hybridized carbons (Fsp3) is 0.611. The van der Waals surface area contributed by atoms with Gasteiger partial charge in [0.05, 0.1) is 18.9 Å². The van der Waals surface area contributed by atoms with Gasteiger partial charge in [0.15, 0.2) is 0 Å². The smallest absolute Gasteiger partial charge is 0.326 e. The Hall–Kier alpha value is -2.60. The average Bonchev–Trinajstić information content (AvgIpc) is 3.40. The number of hydrogen-bond acceptors (Lipinski definition) is 7. The Labute approximate surface area is 178 Å². The minimum atomic E-state index is -1.05. The molecular formula is C18H28N6O5S. The van der Waals surface area contributed by atoms with Crippen LogP contribution in [0.15, 0.2) is 12.5 Å². The molecule has 6 N–H and O–H groups in total. The molecule has 0 saturated carbocycles. The van der Waals surface area contributed by atoms with Crippen molar-refractivity contribution in [2.75, 3.05) is 25.1 Å². The predicted octanol–water partition coefficient (Wildman–Crippen LogP) is -1.29. The molecule has 3 unspecified atom stereocenters. The summed E-state index contributed by atoms with van der Waals surface area (Å²) in [6.07, 6.45) is 6.55. The van der Waals surface area contributed by atoms with E-state index >= 15 is 0 Å². The zero-order valence-electron chi connectivity index (χ0n) is 16.8. The first-order chi connectivity index (χ1) is 14.3. The van der Waals surface area contributed by atoms with Crippen molar-refractivity contribution in [3.63, 3.8) is 0 Å². The number of nitrogens with zero attached hydrogens (tertiary/aromatic N) is 2. The molecule has 2 rings (SSSR count). The van der Waals surface area contributed by atoms with Gasteiger partial charge in [0.1, 0.15) is 12.1 Å². The Bertz CT molecular complexity index is 743. The number of likely N-dealkylation sites (tertiary alicyclic amines) is 1. The third-order valence-electron chi connectivity index (χ3n) is 4.85. The van der Waals surface area contributed by atoms with E-state index in [1.807, 2.05) is 6.26 Å². The van der Waals surface area contributed by atoms with Crippen molar-refractivity contribution in [1.29, 1.82) is 0 Å². The van der Waals surface area contributed by atoms with E-state index < -0.39 is 41.8 Å². The number of imidazole rings is 1. The highest BCUT2D eigenvalue weighted by molar-refractivity contribution is 7.98. The number of nitrogens with one attached hydrogen (secondary N) is 3. The van der Waals surface area contributed by atoms with E-state index in [0.29, 0.717) is 37.3 Å². The fourth-order valence-electron chi connectivity index (χ4n) is 3.22. The number of hydrogen-bond donors (Lipinski definition) is 5. The number of carboxylic acids is 1. The van der Waals surface area contributed by atoms with Gasteiger partial charge in [-0.15, -0.1) is 0 Å². The van der Waals surface area contributed by atoms with Gasteiger partial charge >= 0.3 is 5.97 Å². The second kappa shape index (κ2) is 11.6. The molecule has 0 aliphatic carbocycles. The van der Waals surface area contributed by atoms with Crippen LogP contribution in [0.1, 0.15) is 25.0 Å². The van der Waals surface area contributed by atoms with Gasteiger partial charge in [-0.3, -0.25) is 14.4 Å². The van der Waals surface area contributed by atoms with Crippen LogP contribution in [0.5, 0.6) is 0 Å². The Morgan fingerprint density at radius 2 is 2.17 bits per heavy atom. The van der Waals surface area contributed by atoms with Gasteiger partial charge in [-0.05, 0) is 31.3 Å². The molecule has 0 spiro atoms. The Morgan fingerprint density at radius 3 is 2.80 bits per heavy atom. The van der Waals surface area contributed by atoms with Crippen LogP contribution < -0.4 is 16.4 Å². The highest BCUT2D eigenvalue weighted by Gasteiger charge is 2.34. The third kappa shape index (κ3) is 6.73. The van der Waals surface area contributed by atoms with Gasteiger partial charge in [0.2, 0.25) is 17.7 Å². The minimum absolute atomic E-state index is 0.243. The normalized spacial score (nSPS) is 17.9. The number of rotatable bonds is 11. The first-order valence-corrected chi connectivity index (χ1v) is 11.0. The SMILES string of the molecule is CSCCC(NC(=O)C(N)Cc1cnc[nH]1)C(=O)NCC(=O)N1CCCC1C(=O)O. The molecule has 1 aromatic heterocycles. The Morgan fingerprint density at radius 1 is 1.40 bits per heavy atom. The molecule has 1 saturated heterocycles. The van der Waals surface area contributed by atoms with Crippen LogP contribution in [-0.2, 0) is 25.6 Å². The lowest BCUT2D eigenvalue weighted by Gasteiger charge is -2.23. The lowest BCUT2D eigenvalue weighted by atomic mass is 10.1. The molecular weight excluding hydrogens is 412 g/mol. The zero-order chi connectivity index (χ0) is 22.1. The fourth-order valence-corrected chi connectivity index (χ4v) is 3.69. The number of amides is 3. The Balaban J connectivity index is 1.89. The van der Waals surface area contributed by atoms with E-state index in [4.69, 9.17) is 5.73 Å². The molecule has 0 bridgehead atoms. The van der Waals surface area contributed by atoms with E-state index in [2.05, 4.69) is 20.6 Å². The van der Waals surface area contributed by atoms with Gasteiger partial charge in [-0.25, -0.2) is 9.78 Å². The van der Waals surface area contributed by atoms with E-state index in [1.54, 1.807) is 6.20 Å². The monoisotopic (exact) mass is 440 g/mol. The molecule has 2 heterocycles. The second-order valence-electron chi connectivity index (χ2n) is 7.03. The van der Waals surface area contributed by atoms with Gasteiger partial charge in [0, 0.05) is 24.9 Å². The molecule has 1 fully saturated rings. The van der Waals surface area contributed by atoms with Gasteiger partial charge in [-0.1, -0.05) is 0 Å². The number of aliphatic carboxylic acids is 1.